The van der Waals surface area contributed by atoms with Crippen LogP contribution < -0.4 is 5.32 Å². The van der Waals surface area contributed by atoms with E-state index in [4.69, 9.17) is 4.74 Å². The first kappa shape index (κ1) is 69.3. The van der Waals surface area contributed by atoms with Gasteiger partial charge in [-0.3, -0.25) is 9.59 Å². The van der Waals surface area contributed by atoms with E-state index >= 15 is 0 Å². The maximum atomic E-state index is 12.4. The predicted octanol–water partition coefficient (Wildman–Crippen LogP) is 20.2. The number of carbonyl (C=O) groups is 2. The Morgan fingerprint density at radius 1 is 0.380 bits per heavy atom. The van der Waals surface area contributed by atoms with Crippen molar-refractivity contribution in [3.05, 3.63) is 24.3 Å². The second kappa shape index (κ2) is 60.9. The summed E-state index contributed by atoms with van der Waals surface area (Å²) in [4.78, 5) is 24.5. The molecular formula is C65H125NO5. The van der Waals surface area contributed by atoms with E-state index in [9.17, 15) is 19.8 Å². The fraction of sp³-hybridized carbons (Fsp3) is 0.908. The molecule has 0 aliphatic heterocycles. The normalized spacial score (nSPS) is 12.7. The second-order valence-electron chi connectivity index (χ2n) is 22.1. The highest BCUT2D eigenvalue weighted by atomic mass is 16.5. The molecule has 6 heteroatoms. The van der Waals surface area contributed by atoms with Crippen LogP contribution in [0.3, 0.4) is 0 Å². The molecule has 0 aromatic heterocycles. The molecule has 0 aliphatic carbocycles. The summed E-state index contributed by atoms with van der Waals surface area (Å²) >= 11 is 0. The van der Waals surface area contributed by atoms with E-state index < -0.39 is 12.1 Å². The number of aliphatic hydroxyl groups is 2. The van der Waals surface area contributed by atoms with Gasteiger partial charge in [0, 0.05) is 12.8 Å². The van der Waals surface area contributed by atoms with Crippen molar-refractivity contribution in [2.45, 2.75) is 366 Å². The first-order chi connectivity index (χ1) is 35.0. The van der Waals surface area contributed by atoms with Gasteiger partial charge in [0.1, 0.15) is 0 Å². The number of allylic oxidation sites excluding steroid dienone is 4. The van der Waals surface area contributed by atoms with Gasteiger partial charge in [0.15, 0.2) is 0 Å². The molecule has 71 heavy (non-hydrogen) atoms. The van der Waals surface area contributed by atoms with Gasteiger partial charge in [-0.05, 0) is 77.0 Å². The van der Waals surface area contributed by atoms with E-state index in [1.165, 1.54) is 276 Å². The Labute approximate surface area is 443 Å². The van der Waals surface area contributed by atoms with Crippen LogP contribution in [-0.4, -0.2) is 47.4 Å². The third-order valence-electron chi connectivity index (χ3n) is 15.0. The Hall–Kier alpha value is -1.66. The first-order valence-corrected chi connectivity index (χ1v) is 32.1. The Bertz CT molecular complexity index is 1110. The number of carbonyl (C=O) groups excluding carboxylic acids is 2. The Morgan fingerprint density at radius 2 is 0.662 bits per heavy atom. The summed E-state index contributed by atoms with van der Waals surface area (Å²) in [6.45, 7) is 4.95. The lowest BCUT2D eigenvalue weighted by Gasteiger charge is -2.22. The number of esters is 1. The van der Waals surface area contributed by atoms with Crippen molar-refractivity contribution in [3.63, 3.8) is 0 Å². The molecule has 0 spiro atoms. The summed E-state index contributed by atoms with van der Waals surface area (Å²) in [5, 5.41) is 23.2. The predicted molar refractivity (Wildman–Crippen MR) is 310 cm³/mol. The van der Waals surface area contributed by atoms with Crippen LogP contribution in [0.2, 0.25) is 0 Å². The largest absolute Gasteiger partial charge is 0.466 e. The van der Waals surface area contributed by atoms with Crippen LogP contribution >= 0.6 is 0 Å². The highest BCUT2D eigenvalue weighted by molar-refractivity contribution is 5.76. The molecule has 0 saturated carbocycles. The van der Waals surface area contributed by atoms with Crippen molar-refractivity contribution in [1.82, 2.24) is 5.32 Å². The lowest BCUT2D eigenvalue weighted by atomic mass is 10.0. The summed E-state index contributed by atoms with van der Waals surface area (Å²) in [6.07, 6.45) is 74.9. The van der Waals surface area contributed by atoms with Crippen molar-refractivity contribution < 1.29 is 24.5 Å². The third-order valence-corrected chi connectivity index (χ3v) is 15.0. The van der Waals surface area contributed by atoms with Crippen LogP contribution in [0.25, 0.3) is 0 Å². The molecule has 1 amide bonds. The van der Waals surface area contributed by atoms with Gasteiger partial charge in [0.2, 0.25) is 5.91 Å². The number of ether oxygens (including phenoxy) is 1. The molecule has 0 bridgehead atoms. The van der Waals surface area contributed by atoms with Gasteiger partial charge < -0.3 is 20.3 Å². The standard InChI is InChI=1S/C65H125NO5/c1-3-5-7-9-11-13-15-16-31-35-39-43-47-51-55-59-65(70)71-60-56-52-48-44-40-36-33-30-28-26-24-22-20-18-17-19-21-23-25-27-29-32-34-38-42-46-50-54-58-64(69)66-62(61-67)63(68)57-53-49-45-41-37-14-12-10-8-6-4-2/h16-18,31,62-63,67-68H,3-15,19-30,32-61H2,1-2H3,(H,66,69)/b18-17-,31-16-. The SMILES string of the molecule is CCCCCCCC/C=C\CCCCCCCC(=O)OCCCCCCCCCCCCCC/C=C\CCCCCCCCCCCCCCC(=O)NC(CO)C(O)CCCCCCCCCCCCC. The van der Waals surface area contributed by atoms with E-state index in [2.05, 4.69) is 43.5 Å². The minimum Gasteiger partial charge on any atom is -0.466 e. The summed E-state index contributed by atoms with van der Waals surface area (Å²) < 4.78 is 5.48. The van der Waals surface area contributed by atoms with Crippen LogP contribution in [0.15, 0.2) is 24.3 Å². The van der Waals surface area contributed by atoms with Gasteiger partial charge in [-0.2, -0.15) is 0 Å². The van der Waals surface area contributed by atoms with Gasteiger partial charge in [-0.15, -0.1) is 0 Å². The lowest BCUT2D eigenvalue weighted by Crippen LogP contribution is -2.45. The lowest BCUT2D eigenvalue weighted by molar-refractivity contribution is -0.143. The summed E-state index contributed by atoms with van der Waals surface area (Å²) in [6, 6.07) is -0.540. The second-order valence-corrected chi connectivity index (χ2v) is 22.1. The first-order valence-electron chi connectivity index (χ1n) is 32.1. The number of hydrogen-bond acceptors (Lipinski definition) is 5. The number of unbranched alkanes of at least 4 members (excludes halogenated alkanes) is 45. The fourth-order valence-electron chi connectivity index (χ4n) is 10.0. The van der Waals surface area contributed by atoms with Crippen LogP contribution in [0, 0.1) is 0 Å². The smallest absolute Gasteiger partial charge is 0.305 e. The number of amides is 1. The molecule has 0 aromatic carbocycles. The third kappa shape index (κ3) is 57.5. The topological polar surface area (TPSA) is 95.9 Å². The van der Waals surface area contributed by atoms with Crippen LogP contribution in [-0.2, 0) is 14.3 Å². The molecule has 6 nitrogen and oxygen atoms in total. The van der Waals surface area contributed by atoms with Crippen LogP contribution in [0.5, 0.6) is 0 Å². The molecule has 0 rings (SSSR count). The quantitative estimate of drug-likeness (QED) is 0.0320. The van der Waals surface area contributed by atoms with E-state index in [0.717, 1.165) is 44.9 Å². The highest BCUT2D eigenvalue weighted by Gasteiger charge is 2.20. The zero-order valence-electron chi connectivity index (χ0n) is 48.0. The maximum absolute atomic E-state index is 12.4. The number of hydrogen-bond donors (Lipinski definition) is 3. The molecule has 2 unspecified atom stereocenters. The van der Waals surface area contributed by atoms with E-state index in [1.54, 1.807) is 0 Å². The van der Waals surface area contributed by atoms with Crippen molar-refractivity contribution in [3.8, 4) is 0 Å². The minimum atomic E-state index is -0.662. The van der Waals surface area contributed by atoms with E-state index in [-0.39, 0.29) is 18.5 Å². The Kier molecular flexibility index (Phi) is 59.5. The average Bonchev–Trinajstić information content (AvgIpc) is 3.37. The van der Waals surface area contributed by atoms with Gasteiger partial charge in [0.25, 0.3) is 0 Å². The number of rotatable bonds is 60. The molecule has 0 aliphatic rings. The molecule has 0 aromatic rings. The molecular weight excluding hydrogens is 875 g/mol. The fourth-order valence-corrected chi connectivity index (χ4v) is 10.0. The maximum Gasteiger partial charge on any atom is 0.305 e. The molecule has 0 fully saturated rings. The summed E-state index contributed by atoms with van der Waals surface area (Å²) in [7, 11) is 0. The van der Waals surface area contributed by atoms with Crippen molar-refractivity contribution in [1.29, 1.82) is 0 Å². The molecule has 420 valence electrons. The Morgan fingerprint density at radius 3 is 1.00 bits per heavy atom. The summed E-state index contributed by atoms with van der Waals surface area (Å²) in [5.74, 6) is -0.0266. The van der Waals surface area contributed by atoms with Gasteiger partial charge in [-0.1, -0.05) is 289 Å². The van der Waals surface area contributed by atoms with Gasteiger partial charge >= 0.3 is 5.97 Å². The van der Waals surface area contributed by atoms with E-state index in [1.807, 2.05) is 0 Å². The average molecular weight is 1000 g/mol. The van der Waals surface area contributed by atoms with Gasteiger partial charge in [0.05, 0.1) is 25.4 Å². The van der Waals surface area contributed by atoms with Crippen molar-refractivity contribution in [2.24, 2.45) is 0 Å². The number of aliphatic hydroxyl groups excluding tert-OH is 2. The van der Waals surface area contributed by atoms with Crippen molar-refractivity contribution >= 4 is 11.9 Å². The number of nitrogens with one attached hydrogen (secondary N) is 1. The molecule has 3 N–H and O–H groups in total. The van der Waals surface area contributed by atoms with Crippen LogP contribution in [0.4, 0.5) is 0 Å². The van der Waals surface area contributed by atoms with Crippen molar-refractivity contribution in [2.75, 3.05) is 13.2 Å². The zero-order valence-corrected chi connectivity index (χ0v) is 48.0. The minimum absolute atomic E-state index is 0.00817. The molecule has 0 heterocycles. The molecule has 2 atom stereocenters. The van der Waals surface area contributed by atoms with E-state index in [0.29, 0.717) is 25.9 Å². The Balaban J connectivity index is 3.35. The van der Waals surface area contributed by atoms with Crippen LogP contribution in [0.1, 0.15) is 354 Å². The molecule has 0 radical (unpaired) electrons. The zero-order chi connectivity index (χ0) is 51.4. The van der Waals surface area contributed by atoms with Gasteiger partial charge in [-0.25, -0.2) is 0 Å². The monoisotopic (exact) mass is 1000 g/mol. The summed E-state index contributed by atoms with van der Waals surface area (Å²) in [5.41, 5.74) is 0. The highest BCUT2D eigenvalue weighted by Crippen LogP contribution is 2.18. The molecule has 0 saturated heterocycles.